The van der Waals surface area contributed by atoms with E-state index in [1.807, 2.05) is 6.07 Å². The summed E-state index contributed by atoms with van der Waals surface area (Å²) in [4.78, 5) is 4.70. The van der Waals surface area contributed by atoms with Crippen molar-refractivity contribution in [2.24, 2.45) is 0 Å². The third-order valence-electron chi connectivity index (χ3n) is 4.57. The number of fused-ring (bicyclic) bond motifs is 1. The largest absolute Gasteiger partial charge is 0.306 e. The van der Waals surface area contributed by atoms with Crippen LogP contribution in [0.1, 0.15) is 29.4 Å². The molecule has 0 spiro atoms. The Bertz CT molecular complexity index is 1070. The molecular formula is C21H22N4S3. The normalized spacial score (nSPS) is 11.4. The molecule has 7 heteroatoms. The second kappa shape index (κ2) is 8.68. The van der Waals surface area contributed by atoms with Crippen molar-refractivity contribution in [3.05, 3.63) is 65.0 Å². The first-order valence-electron chi connectivity index (χ1n) is 9.23. The summed E-state index contributed by atoms with van der Waals surface area (Å²) in [5, 5.41) is 9.90. The van der Waals surface area contributed by atoms with E-state index in [1.54, 1.807) is 34.9 Å². The van der Waals surface area contributed by atoms with E-state index in [9.17, 15) is 0 Å². The van der Waals surface area contributed by atoms with Gasteiger partial charge in [0.1, 0.15) is 5.82 Å². The predicted molar refractivity (Wildman–Crippen MR) is 120 cm³/mol. The van der Waals surface area contributed by atoms with Crippen molar-refractivity contribution in [1.29, 1.82) is 0 Å². The number of aromatic nitrogens is 4. The van der Waals surface area contributed by atoms with Crippen LogP contribution in [0.25, 0.3) is 10.2 Å². The van der Waals surface area contributed by atoms with Crippen LogP contribution >= 0.6 is 34.9 Å². The van der Waals surface area contributed by atoms with Crippen molar-refractivity contribution < 1.29 is 0 Å². The molecular weight excluding hydrogens is 404 g/mol. The first-order chi connectivity index (χ1) is 13.6. The lowest BCUT2D eigenvalue weighted by Crippen LogP contribution is -2.02. The molecule has 0 aliphatic rings. The zero-order valence-corrected chi connectivity index (χ0v) is 18.6. The average Bonchev–Trinajstić information content (AvgIpc) is 3.29. The lowest BCUT2D eigenvalue weighted by atomic mass is 10.1. The minimum Gasteiger partial charge on any atom is -0.306 e. The number of hydrogen-bond acceptors (Lipinski definition) is 6. The minimum atomic E-state index is 0.782. The van der Waals surface area contributed by atoms with Crippen LogP contribution in [0.15, 0.2) is 52.0 Å². The van der Waals surface area contributed by atoms with Crippen LogP contribution in [0.2, 0.25) is 0 Å². The van der Waals surface area contributed by atoms with Gasteiger partial charge >= 0.3 is 0 Å². The molecule has 2 aromatic heterocycles. The van der Waals surface area contributed by atoms with Gasteiger partial charge in [-0.15, -0.1) is 21.5 Å². The summed E-state index contributed by atoms with van der Waals surface area (Å²) in [5.74, 6) is 2.71. The molecule has 0 unspecified atom stereocenters. The molecule has 0 fully saturated rings. The summed E-state index contributed by atoms with van der Waals surface area (Å²) in [6, 6.07) is 14.9. The second-order valence-electron chi connectivity index (χ2n) is 6.60. The molecule has 2 heterocycles. The van der Waals surface area contributed by atoms with Gasteiger partial charge in [-0.2, -0.15) is 0 Å². The van der Waals surface area contributed by atoms with Crippen LogP contribution in [-0.4, -0.2) is 19.7 Å². The van der Waals surface area contributed by atoms with Gasteiger partial charge in [-0.25, -0.2) is 4.98 Å². The van der Waals surface area contributed by atoms with E-state index in [1.165, 1.54) is 21.4 Å². The monoisotopic (exact) mass is 426 g/mol. The Kier molecular flexibility index (Phi) is 6.04. The van der Waals surface area contributed by atoms with E-state index in [-0.39, 0.29) is 0 Å². The standard InChI is InChI=1S/C21H22N4S3/c1-4-25-19(13-27-21-22-17-7-5-6-8-18(17)28-21)23-24-20(25)26-12-16-11-14(2)9-10-15(16)3/h5-11H,4,12-13H2,1-3H3. The SMILES string of the molecule is CCn1c(CSc2nc3ccccc3s2)nnc1SCc1cc(C)ccc1C. The van der Waals surface area contributed by atoms with Crippen molar-refractivity contribution in [2.75, 3.05) is 0 Å². The van der Waals surface area contributed by atoms with Gasteiger partial charge in [0.05, 0.1) is 16.0 Å². The number of para-hydroxylation sites is 1. The van der Waals surface area contributed by atoms with Gasteiger partial charge in [0.25, 0.3) is 0 Å². The van der Waals surface area contributed by atoms with Gasteiger partial charge in [-0.3, -0.25) is 0 Å². The van der Waals surface area contributed by atoms with Crippen molar-refractivity contribution in [3.63, 3.8) is 0 Å². The minimum absolute atomic E-state index is 0.782. The van der Waals surface area contributed by atoms with E-state index in [4.69, 9.17) is 4.98 Å². The molecule has 0 radical (unpaired) electrons. The first-order valence-corrected chi connectivity index (χ1v) is 12.0. The maximum absolute atomic E-state index is 4.70. The predicted octanol–water partition coefficient (Wildman–Crippen LogP) is 6.11. The second-order valence-corrected chi connectivity index (χ2v) is 9.79. The number of aryl methyl sites for hydroxylation is 2. The Morgan fingerprint density at radius 3 is 2.68 bits per heavy atom. The number of thiazole rings is 1. The molecule has 0 amide bonds. The Hall–Kier alpha value is -1.83. The first kappa shape index (κ1) is 19.5. The molecule has 0 saturated heterocycles. The number of benzene rings is 2. The van der Waals surface area contributed by atoms with Crippen LogP contribution in [0, 0.1) is 13.8 Å². The molecule has 0 atom stereocenters. The van der Waals surface area contributed by atoms with Gasteiger partial charge in [0.2, 0.25) is 0 Å². The highest BCUT2D eigenvalue weighted by Gasteiger charge is 2.13. The summed E-state index contributed by atoms with van der Waals surface area (Å²) in [5.41, 5.74) is 5.05. The number of rotatable bonds is 7. The van der Waals surface area contributed by atoms with Crippen LogP contribution in [0.4, 0.5) is 0 Å². The Balaban J connectivity index is 1.45. The lowest BCUT2D eigenvalue weighted by Gasteiger charge is -2.09. The van der Waals surface area contributed by atoms with Crippen molar-refractivity contribution in [3.8, 4) is 0 Å². The van der Waals surface area contributed by atoms with E-state index in [2.05, 4.69) is 71.9 Å². The quantitative estimate of drug-likeness (QED) is 0.334. The van der Waals surface area contributed by atoms with Crippen molar-refractivity contribution in [1.82, 2.24) is 19.7 Å². The summed E-state index contributed by atoms with van der Waals surface area (Å²) >= 11 is 5.23. The third-order valence-corrected chi connectivity index (χ3v) is 7.76. The molecule has 144 valence electrons. The molecule has 0 N–H and O–H groups in total. The van der Waals surface area contributed by atoms with Gasteiger partial charge < -0.3 is 4.57 Å². The van der Waals surface area contributed by atoms with Gasteiger partial charge in [0.15, 0.2) is 9.50 Å². The van der Waals surface area contributed by atoms with Crippen LogP contribution in [0.5, 0.6) is 0 Å². The van der Waals surface area contributed by atoms with Crippen LogP contribution in [-0.2, 0) is 18.1 Å². The summed E-state index contributed by atoms with van der Waals surface area (Å²) in [6.07, 6.45) is 0. The van der Waals surface area contributed by atoms with Crippen molar-refractivity contribution >= 4 is 45.1 Å². The van der Waals surface area contributed by atoms with E-state index >= 15 is 0 Å². The fourth-order valence-electron chi connectivity index (χ4n) is 2.99. The smallest absolute Gasteiger partial charge is 0.191 e. The Morgan fingerprint density at radius 2 is 1.86 bits per heavy atom. The molecule has 0 aliphatic carbocycles. The van der Waals surface area contributed by atoms with Gasteiger partial charge in [0, 0.05) is 12.3 Å². The molecule has 0 aliphatic heterocycles. The zero-order valence-electron chi connectivity index (χ0n) is 16.2. The van der Waals surface area contributed by atoms with Crippen molar-refractivity contribution in [2.45, 2.75) is 48.3 Å². The zero-order chi connectivity index (χ0) is 19.5. The topological polar surface area (TPSA) is 43.6 Å². The number of nitrogens with zero attached hydrogens (tertiary/aromatic N) is 4. The maximum Gasteiger partial charge on any atom is 0.191 e. The van der Waals surface area contributed by atoms with Crippen LogP contribution in [0.3, 0.4) is 0 Å². The summed E-state index contributed by atoms with van der Waals surface area (Å²) in [7, 11) is 0. The molecule has 0 saturated carbocycles. The van der Waals surface area contributed by atoms with E-state index < -0.39 is 0 Å². The number of hydrogen-bond donors (Lipinski definition) is 0. The summed E-state index contributed by atoms with van der Waals surface area (Å²) < 4.78 is 4.53. The summed E-state index contributed by atoms with van der Waals surface area (Å²) in [6.45, 7) is 7.33. The van der Waals surface area contributed by atoms with E-state index in [0.717, 1.165) is 38.9 Å². The molecule has 4 rings (SSSR count). The Labute approximate surface area is 177 Å². The highest BCUT2D eigenvalue weighted by Crippen LogP contribution is 2.32. The molecule has 4 aromatic rings. The third kappa shape index (κ3) is 4.26. The molecule has 4 nitrogen and oxygen atoms in total. The average molecular weight is 427 g/mol. The maximum atomic E-state index is 4.70. The fraction of sp³-hybridized carbons (Fsp3) is 0.286. The van der Waals surface area contributed by atoms with Crippen LogP contribution < -0.4 is 0 Å². The number of thioether (sulfide) groups is 2. The van der Waals surface area contributed by atoms with Gasteiger partial charge in [-0.1, -0.05) is 59.4 Å². The Morgan fingerprint density at radius 1 is 1.00 bits per heavy atom. The molecule has 0 bridgehead atoms. The lowest BCUT2D eigenvalue weighted by molar-refractivity contribution is 0.659. The highest BCUT2D eigenvalue weighted by molar-refractivity contribution is 8.00. The van der Waals surface area contributed by atoms with Gasteiger partial charge in [-0.05, 0) is 44.0 Å². The highest BCUT2D eigenvalue weighted by atomic mass is 32.2. The van der Waals surface area contributed by atoms with E-state index in [0.29, 0.717) is 0 Å². The molecule has 28 heavy (non-hydrogen) atoms. The fourth-order valence-corrected chi connectivity index (χ4v) is 6.08. The molecule has 2 aromatic carbocycles.